The van der Waals surface area contributed by atoms with Crippen LogP contribution >= 0.6 is 0 Å². The van der Waals surface area contributed by atoms with Gasteiger partial charge in [-0.05, 0) is 32.1 Å². The summed E-state index contributed by atoms with van der Waals surface area (Å²) in [6, 6.07) is 0. The Balaban J connectivity index is 3.99. The van der Waals surface area contributed by atoms with Crippen LogP contribution in [0.1, 0.15) is 143 Å². The average Bonchev–Trinajstić information content (AvgIpc) is 2.64. The van der Waals surface area contributed by atoms with Gasteiger partial charge in [0.2, 0.25) is 0 Å². The number of rotatable bonds is 20. The van der Waals surface area contributed by atoms with E-state index in [4.69, 9.17) is 4.74 Å². The number of ether oxygens (including phenoxy) is 1. The standard InChI is InChI=1S/C24H48O2/c1-4-7-10-13-15-17-20-23(21-18-16-14-11-8-5-2)26-24(25)22-19-12-9-6-3/h23H,4-22H2,1-3H3. The first-order valence-corrected chi connectivity index (χ1v) is 11.9. The number of carbonyl (C=O) groups is 1. The molecule has 0 aromatic carbocycles. The Morgan fingerprint density at radius 2 is 0.962 bits per heavy atom. The lowest BCUT2D eigenvalue weighted by molar-refractivity contribution is -0.150. The number of esters is 1. The Hall–Kier alpha value is -0.530. The summed E-state index contributed by atoms with van der Waals surface area (Å²) in [5.74, 6) is 0.0445. The highest BCUT2D eigenvalue weighted by Gasteiger charge is 2.14. The van der Waals surface area contributed by atoms with E-state index >= 15 is 0 Å². The normalized spacial score (nSPS) is 11.2. The summed E-state index contributed by atoms with van der Waals surface area (Å²) in [4.78, 5) is 12.1. The van der Waals surface area contributed by atoms with Crippen LogP contribution in [-0.4, -0.2) is 12.1 Å². The van der Waals surface area contributed by atoms with E-state index < -0.39 is 0 Å². The van der Waals surface area contributed by atoms with Gasteiger partial charge in [-0.1, -0.05) is 104 Å². The van der Waals surface area contributed by atoms with Crippen molar-refractivity contribution < 1.29 is 9.53 Å². The van der Waals surface area contributed by atoms with Crippen LogP contribution in [0, 0.1) is 0 Å². The van der Waals surface area contributed by atoms with Crippen molar-refractivity contribution in [1.29, 1.82) is 0 Å². The minimum Gasteiger partial charge on any atom is -0.462 e. The van der Waals surface area contributed by atoms with E-state index in [1.165, 1.54) is 89.9 Å². The molecule has 0 unspecified atom stereocenters. The van der Waals surface area contributed by atoms with Crippen LogP contribution < -0.4 is 0 Å². The smallest absolute Gasteiger partial charge is 0.306 e. The third-order valence-electron chi connectivity index (χ3n) is 5.29. The zero-order valence-electron chi connectivity index (χ0n) is 18.3. The lowest BCUT2D eigenvalue weighted by Gasteiger charge is -2.18. The molecule has 0 aromatic heterocycles. The van der Waals surface area contributed by atoms with Crippen molar-refractivity contribution in [2.45, 2.75) is 149 Å². The van der Waals surface area contributed by atoms with Crippen molar-refractivity contribution >= 4 is 5.97 Å². The fraction of sp³-hybridized carbons (Fsp3) is 0.958. The molecule has 0 saturated heterocycles. The first-order valence-electron chi connectivity index (χ1n) is 11.9. The molecule has 2 nitrogen and oxygen atoms in total. The molecule has 2 heteroatoms. The summed E-state index contributed by atoms with van der Waals surface area (Å²) in [7, 11) is 0. The Morgan fingerprint density at radius 3 is 1.42 bits per heavy atom. The second-order valence-corrected chi connectivity index (χ2v) is 8.04. The van der Waals surface area contributed by atoms with E-state index in [-0.39, 0.29) is 12.1 Å². The Morgan fingerprint density at radius 1 is 0.577 bits per heavy atom. The van der Waals surface area contributed by atoms with E-state index in [9.17, 15) is 4.79 Å². The molecule has 0 aliphatic heterocycles. The maximum Gasteiger partial charge on any atom is 0.306 e. The number of hydrogen-bond acceptors (Lipinski definition) is 2. The molecule has 0 atom stereocenters. The summed E-state index contributed by atoms with van der Waals surface area (Å²) in [6.07, 6.45) is 23.2. The van der Waals surface area contributed by atoms with Gasteiger partial charge in [0.25, 0.3) is 0 Å². The second kappa shape index (κ2) is 20.8. The van der Waals surface area contributed by atoms with Gasteiger partial charge < -0.3 is 4.74 Å². The summed E-state index contributed by atoms with van der Waals surface area (Å²) in [5, 5.41) is 0. The Bertz CT molecular complexity index is 272. The highest BCUT2D eigenvalue weighted by Crippen LogP contribution is 2.18. The van der Waals surface area contributed by atoms with Gasteiger partial charge in [0, 0.05) is 6.42 Å². The van der Waals surface area contributed by atoms with Gasteiger partial charge in [0.05, 0.1) is 0 Å². The van der Waals surface area contributed by atoms with Crippen LogP contribution in [0.5, 0.6) is 0 Å². The zero-order valence-corrected chi connectivity index (χ0v) is 18.3. The van der Waals surface area contributed by atoms with Gasteiger partial charge in [0.15, 0.2) is 0 Å². The minimum absolute atomic E-state index is 0.0445. The van der Waals surface area contributed by atoms with Crippen LogP contribution in [-0.2, 0) is 9.53 Å². The zero-order chi connectivity index (χ0) is 19.3. The predicted octanol–water partition coefficient (Wildman–Crippen LogP) is 8.37. The van der Waals surface area contributed by atoms with Crippen LogP contribution in [0.15, 0.2) is 0 Å². The number of hydrogen-bond donors (Lipinski definition) is 0. The molecule has 0 fully saturated rings. The van der Waals surface area contributed by atoms with Gasteiger partial charge in [-0.25, -0.2) is 0 Å². The highest BCUT2D eigenvalue weighted by molar-refractivity contribution is 5.69. The molecule has 0 aromatic rings. The second-order valence-electron chi connectivity index (χ2n) is 8.04. The quantitative estimate of drug-likeness (QED) is 0.159. The van der Waals surface area contributed by atoms with Gasteiger partial charge in [-0.15, -0.1) is 0 Å². The van der Waals surface area contributed by atoms with Gasteiger partial charge >= 0.3 is 5.97 Å². The first-order chi connectivity index (χ1) is 12.7. The lowest BCUT2D eigenvalue weighted by Crippen LogP contribution is -2.18. The van der Waals surface area contributed by atoms with Crippen molar-refractivity contribution in [3.63, 3.8) is 0 Å². The monoisotopic (exact) mass is 368 g/mol. The molecular formula is C24H48O2. The third kappa shape index (κ3) is 18.3. The van der Waals surface area contributed by atoms with E-state index in [0.717, 1.165) is 25.7 Å². The van der Waals surface area contributed by atoms with Gasteiger partial charge in [-0.3, -0.25) is 4.79 Å². The average molecular weight is 369 g/mol. The van der Waals surface area contributed by atoms with Crippen molar-refractivity contribution in [3.8, 4) is 0 Å². The van der Waals surface area contributed by atoms with Crippen LogP contribution in [0.25, 0.3) is 0 Å². The third-order valence-corrected chi connectivity index (χ3v) is 5.29. The van der Waals surface area contributed by atoms with Crippen LogP contribution in [0.3, 0.4) is 0 Å². The fourth-order valence-corrected chi connectivity index (χ4v) is 3.51. The Kier molecular flexibility index (Phi) is 20.4. The molecule has 0 aliphatic carbocycles. The first kappa shape index (κ1) is 25.5. The topological polar surface area (TPSA) is 26.3 Å². The molecule has 0 aliphatic rings. The molecule has 0 spiro atoms. The molecule has 0 N–H and O–H groups in total. The van der Waals surface area contributed by atoms with Crippen LogP contribution in [0.4, 0.5) is 0 Å². The summed E-state index contributed by atoms with van der Waals surface area (Å²) < 4.78 is 5.85. The van der Waals surface area contributed by atoms with Crippen molar-refractivity contribution in [1.82, 2.24) is 0 Å². The Labute approximate surface area is 164 Å². The van der Waals surface area contributed by atoms with Crippen molar-refractivity contribution in [2.24, 2.45) is 0 Å². The van der Waals surface area contributed by atoms with E-state index in [2.05, 4.69) is 20.8 Å². The lowest BCUT2D eigenvalue weighted by atomic mass is 10.0. The molecule has 0 heterocycles. The van der Waals surface area contributed by atoms with Gasteiger partial charge in [0.1, 0.15) is 6.10 Å². The number of carbonyl (C=O) groups excluding carboxylic acids is 1. The molecule has 0 saturated carbocycles. The van der Waals surface area contributed by atoms with E-state index in [1.807, 2.05) is 0 Å². The molecule has 0 amide bonds. The van der Waals surface area contributed by atoms with E-state index in [1.54, 1.807) is 0 Å². The molecule has 26 heavy (non-hydrogen) atoms. The molecule has 0 rings (SSSR count). The maximum atomic E-state index is 12.1. The predicted molar refractivity (Wildman–Crippen MR) is 115 cm³/mol. The molecular weight excluding hydrogens is 320 g/mol. The fourth-order valence-electron chi connectivity index (χ4n) is 3.51. The number of unbranched alkanes of at least 4 members (excludes halogenated alkanes) is 13. The largest absolute Gasteiger partial charge is 0.462 e. The molecule has 156 valence electrons. The summed E-state index contributed by atoms with van der Waals surface area (Å²) in [6.45, 7) is 6.72. The minimum atomic E-state index is 0.0445. The summed E-state index contributed by atoms with van der Waals surface area (Å²) in [5.41, 5.74) is 0. The van der Waals surface area contributed by atoms with E-state index in [0.29, 0.717) is 6.42 Å². The SMILES string of the molecule is CCCCCCCCC(CCCCCCCC)OC(=O)CCCCCC. The van der Waals surface area contributed by atoms with Gasteiger partial charge in [-0.2, -0.15) is 0 Å². The molecule has 0 bridgehead atoms. The molecule has 0 radical (unpaired) electrons. The van der Waals surface area contributed by atoms with Crippen LogP contribution in [0.2, 0.25) is 0 Å². The van der Waals surface area contributed by atoms with Crippen molar-refractivity contribution in [2.75, 3.05) is 0 Å². The maximum absolute atomic E-state index is 12.1. The van der Waals surface area contributed by atoms with Crippen molar-refractivity contribution in [3.05, 3.63) is 0 Å². The summed E-state index contributed by atoms with van der Waals surface area (Å²) >= 11 is 0. The highest BCUT2D eigenvalue weighted by atomic mass is 16.5.